The predicted molar refractivity (Wildman–Crippen MR) is 93.7 cm³/mol. The fourth-order valence-electron chi connectivity index (χ4n) is 3.26. The minimum Gasteiger partial charge on any atom is -0.336 e. The normalized spacial score (nSPS) is 18.1. The zero-order valence-corrected chi connectivity index (χ0v) is 14.3. The summed E-state index contributed by atoms with van der Waals surface area (Å²) in [4.78, 5) is 16.2. The molecule has 0 N–H and O–H groups in total. The van der Waals surface area contributed by atoms with Crippen molar-refractivity contribution in [2.45, 2.75) is 43.2 Å². The molecule has 1 aliphatic heterocycles. The topological polar surface area (TPSA) is 38.1 Å². The highest BCUT2D eigenvalue weighted by Gasteiger charge is 2.28. The number of carbonyl (C=O) groups is 1. The number of likely N-dealkylation sites (tertiary alicyclic amines) is 1. The van der Waals surface area contributed by atoms with Crippen LogP contribution >= 0.6 is 11.8 Å². The van der Waals surface area contributed by atoms with Crippen LogP contribution in [0.1, 0.15) is 36.0 Å². The first-order valence-electron chi connectivity index (χ1n) is 8.21. The van der Waals surface area contributed by atoms with Crippen molar-refractivity contribution in [2.24, 2.45) is 0 Å². The van der Waals surface area contributed by atoms with Gasteiger partial charge in [0.2, 0.25) is 0 Å². The highest BCUT2D eigenvalue weighted by atomic mass is 32.2. The van der Waals surface area contributed by atoms with Crippen LogP contribution in [0.5, 0.6) is 0 Å². The molecular weight excluding hydrogens is 306 g/mol. The molecule has 1 atom stereocenters. The molecule has 1 amide bonds. The minimum atomic E-state index is 0.181. The van der Waals surface area contributed by atoms with Crippen LogP contribution in [-0.2, 0) is 6.54 Å². The molecule has 0 radical (unpaired) electrons. The number of nitrogens with zero attached hydrogens (tertiary/aromatic N) is 3. The Hall–Kier alpha value is -1.75. The highest BCUT2D eigenvalue weighted by Crippen LogP contribution is 2.26. The lowest BCUT2D eigenvalue weighted by atomic mass is 9.98. The first kappa shape index (κ1) is 16.1. The van der Waals surface area contributed by atoms with Crippen LogP contribution in [-0.4, -0.2) is 39.4 Å². The van der Waals surface area contributed by atoms with Crippen molar-refractivity contribution in [3.63, 3.8) is 0 Å². The quantitative estimate of drug-likeness (QED) is 0.785. The van der Waals surface area contributed by atoms with Gasteiger partial charge in [-0.25, -0.2) is 0 Å². The van der Waals surface area contributed by atoms with E-state index in [-0.39, 0.29) is 5.91 Å². The third kappa shape index (κ3) is 3.78. The molecule has 1 saturated heterocycles. The number of carbonyl (C=O) groups excluding carboxylic acids is 1. The average Bonchev–Trinajstić information content (AvgIpc) is 3.13. The van der Waals surface area contributed by atoms with Crippen LogP contribution in [0, 0.1) is 0 Å². The molecule has 23 heavy (non-hydrogen) atoms. The Morgan fingerprint density at radius 3 is 2.96 bits per heavy atom. The number of hydrogen-bond donors (Lipinski definition) is 0. The molecule has 1 aromatic heterocycles. The van der Waals surface area contributed by atoms with Gasteiger partial charge in [-0.1, -0.05) is 12.1 Å². The molecule has 0 spiro atoms. The molecule has 2 aromatic rings. The maximum absolute atomic E-state index is 13.0. The van der Waals surface area contributed by atoms with E-state index in [0.29, 0.717) is 6.04 Å². The van der Waals surface area contributed by atoms with Crippen molar-refractivity contribution in [1.82, 2.24) is 14.7 Å². The summed E-state index contributed by atoms with van der Waals surface area (Å²) in [5.74, 6) is 0.181. The monoisotopic (exact) mass is 329 g/mol. The van der Waals surface area contributed by atoms with Gasteiger partial charge in [0.25, 0.3) is 5.91 Å². The van der Waals surface area contributed by atoms with Gasteiger partial charge in [0.1, 0.15) is 0 Å². The van der Waals surface area contributed by atoms with Gasteiger partial charge < -0.3 is 4.90 Å². The zero-order chi connectivity index (χ0) is 16.1. The lowest BCUT2D eigenvalue weighted by molar-refractivity contribution is 0.0590. The number of aromatic nitrogens is 2. The van der Waals surface area contributed by atoms with Crippen molar-refractivity contribution in [2.75, 3.05) is 12.8 Å². The Kier molecular flexibility index (Phi) is 5.39. The van der Waals surface area contributed by atoms with Crippen LogP contribution in [0.15, 0.2) is 47.6 Å². The van der Waals surface area contributed by atoms with Crippen LogP contribution in [0.2, 0.25) is 0 Å². The van der Waals surface area contributed by atoms with E-state index in [1.54, 1.807) is 18.0 Å². The standard InChI is InChI=1S/C18H23N3OS/c1-23-17-9-3-2-8-16(17)18(22)21-13-5-4-7-15(21)10-14-20-12-6-11-19-20/h2-3,6,8-9,11-12,15H,4-5,7,10,13-14H2,1H3/t15-/m0/s1. The molecule has 1 fully saturated rings. The van der Waals surface area contributed by atoms with Crippen molar-refractivity contribution >= 4 is 17.7 Å². The smallest absolute Gasteiger partial charge is 0.255 e. The van der Waals surface area contributed by atoms with Gasteiger partial charge in [-0.15, -0.1) is 11.8 Å². The third-order valence-corrected chi connectivity index (χ3v) is 5.27. The number of thioether (sulfide) groups is 1. The summed E-state index contributed by atoms with van der Waals surface area (Å²) in [6.07, 6.45) is 10.2. The largest absolute Gasteiger partial charge is 0.336 e. The van der Waals surface area contributed by atoms with E-state index in [0.717, 1.165) is 42.8 Å². The maximum atomic E-state index is 13.0. The lowest BCUT2D eigenvalue weighted by Gasteiger charge is -2.36. The molecule has 122 valence electrons. The molecule has 0 saturated carbocycles. The van der Waals surface area contributed by atoms with E-state index >= 15 is 0 Å². The van der Waals surface area contributed by atoms with Gasteiger partial charge in [-0.2, -0.15) is 5.10 Å². The van der Waals surface area contributed by atoms with E-state index in [1.165, 1.54) is 6.42 Å². The lowest BCUT2D eigenvalue weighted by Crippen LogP contribution is -2.44. The van der Waals surface area contributed by atoms with E-state index in [1.807, 2.05) is 47.5 Å². The fourth-order valence-corrected chi connectivity index (χ4v) is 3.85. The molecule has 1 aliphatic rings. The van der Waals surface area contributed by atoms with Crippen molar-refractivity contribution < 1.29 is 4.79 Å². The average molecular weight is 329 g/mol. The number of benzene rings is 1. The molecule has 0 aliphatic carbocycles. The molecular formula is C18H23N3OS. The van der Waals surface area contributed by atoms with Crippen molar-refractivity contribution in [3.8, 4) is 0 Å². The zero-order valence-electron chi connectivity index (χ0n) is 13.5. The summed E-state index contributed by atoms with van der Waals surface area (Å²) in [7, 11) is 0. The molecule has 3 rings (SSSR count). The molecule has 1 aromatic carbocycles. The summed E-state index contributed by atoms with van der Waals surface area (Å²) in [6.45, 7) is 1.73. The summed E-state index contributed by atoms with van der Waals surface area (Å²) >= 11 is 1.64. The van der Waals surface area contributed by atoms with E-state index in [9.17, 15) is 4.79 Å². The van der Waals surface area contributed by atoms with E-state index < -0.39 is 0 Å². The van der Waals surface area contributed by atoms with Crippen LogP contribution in [0.25, 0.3) is 0 Å². The fraction of sp³-hybridized carbons (Fsp3) is 0.444. The number of aryl methyl sites for hydroxylation is 1. The predicted octanol–water partition coefficient (Wildman–Crippen LogP) is 3.69. The molecule has 0 unspecified atom stereocenters. The van der Waals surface area contributed by atoms with Crippen molar-refractivity contribution in [1.29, 1.82) is 0 Å². The summed E-state index contributed by atoms with van der Waals surface area (Å²) in [5, 5.41) is 4.27. The third-order valence-electron chi connectivity index (χ3n) is 4.48. The van der Waals surface area contributed by atoms with Gasteiger partial charge in [-0.3, -0.25) is 9.48 Å². The first-order valence-corrected chi connectivity index (χ1v) is 9.43. The Morgan fingerprint density at radius 1 is 1.30 bits per heavy atom. The SMILES string of the molecule is CSc1ccccc1C(=O)N1CCCC[C@H]1CCn1cccn1. The van der Waals surface area contributed by atoms with E-state index in [2.05, 4.69) is 10.00 Å². The second-order valence-corrected chi connectivity index (χ2v) is 6.75. The van der Waals surface area contributed by atoms with Gasteiger partial charge in [0.15, 0.2) is 0 Å². The van der Waals surface area contributed by atoms with Gasteiger partial charge in [0, 0.05) is 36.4 Å². The van der Waals surface area contributed by atoms with Crippen LogP contribution in [0.4, 0.5) is 0 Å². The minimum absolute atomic E-state index is 0.181. The van der Waals surface area contributed by atoms with Crippen LogP contribution in [0.3, 0.4) is 0 Å². The van der Waals surface area contributed by atoms with Gasteiger partial charge >= 0.3 is 0 Å². The Labute approximate surface area is 141 Å². The molecule has 0 bridgehead atoms. The Bertz CT molecular complexity index is 641. The summed E-state index contributed by atoms with van der Waals surface area (Å²) < 4.78 is 1.95. The number of rotatable bonds is 5. The Balaban J connectivity index is 1.73. The number of amides is 1. The first-order chi connectivity index (χ1) is 11.3. The molecule has 5 heteroatoms. The van der Waals surface area contributed by atoms with Gasteiger partial charge in [-0.05, 0) is 50.1 Å². The highest BCUT2D eigenvalue weighted by molar-refractivity contribution is 7.98. The molecule has 2 heterocycles. The second-order valence-electron chi connectivity index (χ2n) is 5.91. The van der Waals surface area contributed by atoms with Crippen LogP contribution < -0.4 is 0 Å². The summed E-state index contributed by atoms with van der Waals surface area (Å²) in [5.41, 5.74) is 0.839. The maximum Gasteiger partial charge on any atom is 0.255 e. The molecule has 4 nitrogen and oxygen atoms in total. The number of hydrogen-bond acceptors (Lipinski definition) is 3. The number of piperidine rings is 1. The van der Waals surface area contributed by atoms with Gasteiger partial charge in [0.05, 0.1) is 5.56 Å². The van der Waals surface area contributed by atoms with E-state index in [4.69, 9.17) is 0 Å². The Morgan fingerprint density at radius 2 is 2.17 bits per heavy atom. The van der Waals surface area contributed by atoms with Crippen molar-refractivity contribution in [3.05, 3.63) is 48.3 Å². The summed E-state index contributed by atoms with van der Waals surface area (Å²) in [6, 6.07) is 10.2. The second kappa shape index (κ2) is 7.68.